The van der Waals surface area contributed by atoms with E-state index in [1.54, 1.807) is 12.1 Å². The van der Waals surface area contributed by atoms with E-state index in [0.29, 0.717) is 23.6 Å². The van der Waals surface area contributed by atoms with Gasteiger partial charge >= 0.3 is 7.12 Å². The second-order valence-corrected chi connectivity index (χ2v) is 7.80. The van der Waals surface area contributed by atoms with Crippen molar-refractivity contribution in [1.29, 1.82) is 0 Å². The van der Waals surface area contributed by atoms with Crippen molar-refractivity contribution in [3.8, 4) is 5.75 Å². The van der Waals surface area contributed by atoms with Crippen LogP contribution < -0.4 is 10.2 Å². The third-order valence-corrected chi connectivity index (χ3v) is 5.04. The van der Waals surface area contributed by atoms with Crippen LogP contribution >= 0.6 is 0 Å². The van der Waals surface area contributed by atoms with E-state index in [-0.39, 0.29) is 6.04 Å². The largest absolute Gasteiger partial charge is 0.566 e. The van der Waals surface area contributed by atoms with Gasteiger partial charge in [-0.3, -0.25) is 0 Å². The molecule has 2 aromatic carbocycles. The van der Waals surface area contributed by atoms with Gasteiger partial charge in [-0.25, -0.2) is 4.39 Å². The van der Waals surface area contributed by atoms with Gasteiger partial charge in [-0.2, -0.15) is 0 Å². The number of likely N-dealkylation sites (N-methyl/N-ethyl adjacent to an activating group) is 1. The molecule has 0 amide bonds. The maximum absolute atomic E-state index is 14.6. The van der Waals surface area contributed by atoms with Crippen LogP contribution in [0.15, 0.2) is 60.9 Å². The Morgan fingerprint density at radius 1 is 1.18 bits per heavy atom. The summed E-state index contributed by atoms with van der Waals surface area (Å²) in [7, 11) is 3.25. The van der Waals surface area contributed by atoms with E-state index >= 15 is 0 Å². The molecule has 148 valence electrons. The number of ether oxygens (including phenoxy) is 1. The highest BCUT2D eigenvalue weighted by atomic mass is 19.1. The van der Waals surface area contributed by atoms with Gasteiger partial charge in [-0.15, -0.1) is 0 Å². The van der Waals surface area contributed by atoms with Crippen LogP contribution in [-0.4, -0.2) is 44.4 Å². The summed E-state index contributed by atoms with van der Waals surface area (Å²) in [4.78, 5) is 2.12. The van der Waals surface area contributed by atoms with Crippen molar-refractivity contribution in [2.45, 2.75) is 31.9 Å². The Balaban J connectivity index is 1.64. The van der Waals surface area contributed by atoms with E-state index in [0.717, 1.165) is 6.42 Å². The third-order valence-electron chi connectivity index (χ3n) is 5.04. The average Bonchev–Trinajstić information content (AvgIpc) is 2.92. The molecule has 0 aliphatic carbocycles. The van der Waals surface area contributed by atoms with Crippen LogP contribution in [0.1, 0.15) is 19.4 Å². The van der Waals surface area contributed by atoms with E-state index in [1.807, 2.05) is 46.1 Å². The lowest BCUT2D eigenvalue weighted by Crippen LogP contribution is -2.37. The summed E-state index contributed by atoms with van der Waals surface area (Å²) >= 11 is 0. The van der Waals surface area contributed by atoms with E-state index in [1.165, 1.54) is 11.6 Å². The first-order valence-electron chi connectivity index (χ1n) is 9.43. The van der Waals surface area contributed by atoms with Crippen molar-refractivity contribution >= 4 is 12.6 Å². The Hall–Kier alpha value is -2.31. The molecule has 0 radical (unpaired) electrons. The molecule has 28 heavy (non-hydrogen) atoms. The lowest BCUT2D eigenvalue weighted by Gasteiger charge is -2.24. The van der Waals surface area contributed by atoms with E-state index in [4.69, 9.17) is 14.0 Å². The van der Waals surface area contributed by atoms with Gasteiger partial charge in [0, 0.05) is 17.6 Å². The Bertz CT molecular complexity index is 826. The van der Waals surface area contributed by atoms with Gasteiger partial charge in [-0.05, 0) is 46.0 Å². The highest BCUT2D eigenvalue weighted by Crippen LogP contribution is 2.29. The Kier molecular flexibility index (Phi) is 6.11. The van der Waals surface area contributed by atoms with Crippen molar-refractivity contribution in [1.82, 2.24) is 4.90 Å². The first-order chi connectivity index (χ1) is 13.3. The summed E-state index contributed by atoms with van der Waals surface area (Å²) < 4.78 is 31.8. The fourth-order valence-electron chi connectivity index (χ4n) is 3.01. The molecule has 0 aromatic heterocycles. The van der Waals surface area contributed by atoms with Crippen LogP contribution in [0.4, 0.5) is 4.39 Å². The quantitative estimate of drug-likeness (QED) is 0.686. The predicted molar refractivity (Wildman–Crippen MR) is 110 cm³/mol. The van der Waals surface area contributed by atoms with Gasteiger partial charge in [0.15, 0.2) is 0 Å². The van der Waals surface area contributed by atoms with Gasteiger partial charge in [0.25, 0.3) is 0 Å². The molecule has 1 aliphatic heterocycles. The summed E-state index contributed by atoms with van der Waals surface area (Å²) in [5, 5.41) is 0. The molecule has 0 saturated carbocycles. The van der Waals surface area contributed by atoms with E-state index in [2.05, 4.69) is 23.6 Å². The van der Waals surface area contributed by atoms with Gasteiger partial charge in [-0.1, -0.05) is 43.0 Å². The number of nitrogens with zero attached hydrogens (tertiary/aromatic N) is 1. The monoisotopic (exact) mass is 383 g/mol. The van der Waals surface area contributed by atoms with Crippen molar-refractivity contribution in [3.63, 3.8) is 0 Å². The van der Waals surface area contributed by atoms with Crippen molar-refractivity contribution in [2.24, 2.45) is 0 Å². The van der Waals surface area contributed by atoms with Crippen molar-refractivity contribution in [2.75, 3.05) is 20.7 Å². The third kappa shape index (κ3) is 4.75. The second kappa shape index (κ2) is 8.37. The average molecular weight is 383 g/mol. The number of rotatable bonds is 7. The standard InChI is InChI=1S/C22H27BFNO3/c1-16-22(2,3)28-23(27-16)20-12-11-19(14-21(20)24)26-15-18(25(4)5)13-17-9-7-6-8-10-17/h6-12,14,18H,1,13,15H2,2-5H3/t18-/m1/s1. The number of hydrogen-bond donors (Lipinski definition) is 0. The lowest BCUT2D eigenvalue weighted by atomic mass is 9.79. The van der Waals surface area contributed by atoms with Gasteiger partial charge in [0.05, 0.1) is 5.76 Å². The van der Waals surface area contributed by atoms with Crippen LogP contribution in [0.5, 0.6) is 5.75 Å². The Morgan fingerprint density at radius 2 is 1.89 bits per heavy atom. The zero-order valence-corrected chi connectivity index (χ0v) is 16.9. The molecule has 0 N–H and O–H groups in total. The number of halogens is 1. The first-order valence-corrected chi connectivity index (χ1v) is 9.43. The van der Waals surface area contributed by atoms with Gasteiger partial charge in [0.1, 0.15) is 23.8 Å². The number of hydrogen-bond acceptors (Lipinski definition) is 4. The molecule has 1 saturated heterocycles. The summed E-state index contributed by atoms with van der Waals surface area (Å²) in [6, 6.07) is 15.2. The predicted octanol–water partition coefficient (Wildman–Crippen LogP) is 3.41. The summed E-state index contributed by atoms with van der Waals surface area (Å²) in [5.74, 6) is 0.557. The van der Waals surface area contributed by atoms with Gasteiger partial charge in [0.2, 0.25) is 0 Å². The van der Waals surface area contributed by atoms with Crippen LogP contribution in [-0.2, 0) is 15.7 Å². The topological polar surface area (TPSA) is 30.9 Å². The normalized spacial score (nSPS) is 16.9. The highest BCUT2D eigenvalue weighted by molar-refractivity contribution is 6.62. The molecule has 2 aromatic rings. The minimum absolute atomic E-state index is 0.177. The van der Waals surface area contributed by atoms with E-state index in [9.17, 15) is 4.39 Å². The SMILES string of the molecule is C=C1OB(c2ccc(OC[C@@H](Cc3ccccc3)N(C)C)cc2F)OC1(C)C. The molecular weight excluding hydrogens is 356 g/mol. The Labute approximate surface area is 167 Å². The van der Waals surface area contributed by atoms with Crippen molar-refractivity contribution in [3.05, 3.63) is 72.2 Å². The first kappa shape index (κ1) is 20.4. The fraction of sp³-hybridized carbons (Fsp3) is 0.364. The molecule has 1 fully saturated rings. The molecule has 0 spiro atoms. The molecule has 1 aliphatic rings. The second-order valence-electron chi connectivity index (χ2n) is 7.80. The molecule has 0 bridgehead atoms. The minimum Gasteiger partial charge on any atom is -0.534 e. The number of benzene rings is 2. The molecule has 3 rings (SSSR count). The van der Waals surface area contributed by atoms with Crippen LogP contribution in [0.3, 0.4) is 0 Å². The molecule has 4 nitrogen and oxygen atoms in total. The summed E-state index contributed by atoms with van der Waals surface area (Å²) in [6.07, 6.45) is 0.857. The minimum atomic E-state index is -0.788. The fourth-order valence-corrected chi connectivity index (χ4v) is 3.01. The Morgan fingerprint density at radius 3 is 2.46 bits per heavy atom. The molecule has 6 heteroatoms. The zero-order valence-electron chi connectivity index (χ0n) is 16.9. The molecule has 0 unspecified atom stereocenters. The van der Waals surface area contributed by atoms with Crippen LogP contribution in [0.25, 0.3) is 0 Å². The van der Waals surface area contributed by atoms with Crippen LogP contribution in [0, 0.1) is 5.82 Å². The maximum atomic E-state index is 14.6. The van der Waals surface area contributed by atoms with E-state index < -0.39 is 18.5 Å². The maximum Gasteiger partial charge on any atom is 0.566 e. The zero-order chi connectivity index (χ0) is 20.3. The lowest BCUT2D eigenvalue weighted by molar-refractivity contribution is 0.173. The van der Waals surface area contributed by atoms with Gasteiger partial charge < -0.3 is 18.9 Å². The smallest absolute Gasteiger partial charge is 0.534 e. The molecular formula is C22H27BFNO3. The highest BCUT2D eigenvalue weighted by Gasteiger charge is 2.44. The molecule has 1 heterocycles. The summed E-state index contributed by atoms with van der Waals surface area (Å²) in [5.41, 5.74) is 0.945. The summed E-state index contributed by atoms with van der Waals surface area (Å²) in [6.45, 7) is 7.98. The van der Waals surface area contributed by atoms with Crippen molar-refractivity contribution < 1.29 is 18.4 Å². The molecule has 1 atom stereocenters. The van der Waals surface area contributed by atoms with Crippen LogP contribution in [0.2, 0.25) is 0 Å².